The van der Waals surface area contributed by atoms with Crippen LogP contribution in [0.3, 0.4) is 0 Å². The van der Waals surface area contributed by atoms with Gasteiger partial charge in [0.25, 0.3) is 0 Å². The van der Waals surface area contributed by atoms with Crippen LogP contribution in [0.15, 0.2) is 35.4 Å². The lowest BCUT2D eigenvalue weighted by Crippen LogP contribution is -2.25. The van der Waals surface area contributed by atoms with Crippen molar-refractivity contribution < 1.29 is 0 Å². The second-order valence-corrected chi connectivity index (χ2v) is 5.76. The molecule has 1 aromatic carbocycles. The van der Waals surface area contributed by atoms with Crippen LogP contribution in [0.2, 0.25) is 0 Å². The van der Waals surface area contributed by atoms with Gasteiger partial charge in [-0.15, -0.1) is 24.2 Å². The fourth-order valence-corrected chi connectivity index (χ4v) is 3.15. The zero-order chi connectivity index (χ0) is 13.7. The van der Waals surface area contributed by atoms with Crippen molar-refractivity contribution >= 4 is 35.1 Å². The summed E-state index contributed by atoms with van der Waals surface area (Å²) in [4.78, 5) is 7.22. The Balaban J connectivity index is 0.00000200. The van der Waals surface area contributed by atoms with Gasteiger partial charge < -0.3 is 4.90 Å². The Hall–Kier alpha value is -0.770. The number of halogens is 1. The van der Waals surface area contributed by atoms with Gasteiger partial charge in [-0.05, 0) is 37.7 Å². The van der Waals surface area contributed by atoms with E-state index in [0.29, 0.717) is 0 Å². The number of hydrogen-bond donors (Lipinski definition) is 0. The highest BCUT2D eigenvalue weighted by molar-refractivity contribution is 7.99. The molecule has 1 aromatic heterocycles. The van der Waals surface area contributed by atoms with Crippen LogP contribution >= 0.6 is 24.2 Å². The van der Waals surface area contributed by atoms with Crippen LogP contribution in [0.1, 0.15) is 19.4 Å². The molecule has 2 aromatic rings. The van der Waals surface area contributed by atoms with Gasteiger partial charge in [-0.1, -0.05) is 32.0 Å². The molecule has 110 valence electrons. The molecule has 0 spiro atoms. The molecule has 0 aliphatic heterocycles. The zero-order valence-corrected chi connectivity index (χ0v) is 14.1. The number of nitrogens with zero attached hydrogens (tertiary/aromatic N) is 2. The predicted octanol–water partition coefficient (Wildman–Crippen LogP) is 4.40. The minimum atomic E-state index is 0. The van der Waals surface area contributed by atoms with E-state index >= 15 is 0 Å². The summed E-state index contributed by atoms with van der Waals surface area (Å²) < 4.78 is 0. The summed E-state index contributed by atoms with van der Waals surface area (Å²) >= 11 is 1.87. The van der Waals surface area contributed by atoms with Crippen molar-refractivity contribution in [2.24, 2.45) is 0 Å². The summed E-state index contributed by atoms with van der Waals surface area (Å²) in [6.45, 7) is 9.97. The van der Waals surface area contributed by atoms with E-state index in [9.17, 15) is 0 Å². The highest BCUT2D eigenvalue weighted by Gasteiger charge is 2.05. The van der Waals surface area contributed by atoms with Crippen LogP contribution in [0.25, 0.3) is 10.9 Å². The Morgan fingerprint density at radius 2 is 1.85 bits per heavy atom. The monoisotopic (exact) mass is 310 g/mol. The lowest BCUT2D eigenvalue weighted by atomic mass is 10.2. The number of aromatic nitrogens is 1. The van der Waals surface area contributed by atoms with Crippen molar-refractivity contribution in [2.45, 2.75) is 25.8 Å². The van der Waals surface area contributed by atoms with Crippen LogP contribution in [0, 0.1) is 6.92 Å². The van der Waals surface area contributed by atoms with Gasteiger partial charge in [-0.25, -0.2) is 4.98 Å². The lowest BCUT2D eigenvalue weighted by Gasteiger charge is -2.17. The Bertz CT molecular complexity index is 541. The molecule has 0 aliphatic carbocycles. The van der Waals surface area contributed by atoms with Crippen molar-refractivity contribution in [1.29, 1.82) is 0 Å². The van der Waals surface area contributed by atoms with E-state index < -0.39 is 0 Å². The third-order valence-corrected chi connectivity index (χ3v) is 4.48. The van der Waals surface area contributed by atoms with Crippen LogP contribution in [0.5, 0.6) is 0 Å². The predicted molar refractivity (Wildman–Crippen MR) is 92.2 cm³/mol. The molecular formula is C16H23ClN2S. The zero-order valence-electron chi connectivity index (χ0n) is 12.4. The molecule has 0 aliphatic rings. The number of fused-ring (bicyclic) bond motifs is 1. The number of para-hydroxylation sites is 1. The van der Waals surface area contributed by atoms with Crippen LogP contribution in [-0.4, -0.2) is 35.3 Å². The Morgan fingerprint density at radius 3 is 2.55 bits per heavy atom. The molecule has 0 radical (unpaired) electrons. The van der Waals surface area contributed by atoms with Crippen molar-refractivity contribution in [2.75, 3.05) is 25.4 Å². The summed E-state index contributed by atoms with van der Waals surface area (Å²) in [5, 5.41) is 2.40. The van der Waals surface area contributed by atoms with E-state index in [-0.39, 0.29) is 12.4 Å². The maximum Gasteiger partial charge on any atom is 0.0997 e. The number of hydrogen-bond acceptors (Lipinski definition) is 3. The summed E-state index contributed by atoms with van der Waals surface area (Å²) in [6.07, 6.45) is 0. The molecule has 0 saturated heterocycles. The normalized spacial score (nSPS) is 10.8. The molecule has 2 rings (SSSR count). The average molecular weight is 311 g/mol. The third-order valence-electron chi connectivity index (χ3n) is 3.41. The molecule has 0 saturated carbocycles. The van der Waals surface area contributed by atoms with Crippen molar-refractivity contribution in [3.05, 3.63) is 35.9 Å². The fraction of sp³-hybridized carbons (Fsp3) is 0.438. The highest BCUT2D eigenvalue weighted by atomic mass is 35.5. The summed E-state index contributed by atoms with van der Waals surface area (Å²) in [6, 6.07) is 10.6. The maximum atomic E-state index is 4.77. The molecule has 4 heteroatoms. The van der Waals surface area contributed by atoms with Gasteiger partial charge in [0.2, 0.25) is 0 Å². The van der Waals surface area contributed by atoms with Crippen molar-refractivity contribution in [3.63, 3.8) is 0 Å². The van der Waals surface area contributed by atoms with E-state index in [1.54, 1.807) is 0 Å². The van der Waals surface area contributed by atoms with Gasteiger partial charge in [0.15, 0.2) is 0 Å². The minimum absolute atomic E-state index is 0. The molecule has 0 fully saturated rings. The second-order valence-electron chi connectivity index (χ2n) is 4.68. The first kappa shape index (κ1) is 17.3. The average Bonchev–Trinajstić information content (AvgIpc) is 2.44. The molecule has 1 heterocycles. The number of aryl methyl sites for hydroxylation is 1. The summed E-state index contributed by atoms with van der Waals surface area (Å²) in [5.74, 6) is 1.11. The molecule has 0 bridgehead atoms. The van der Waals surface area contributed by atoms with Gasteiger partial charge in [0.05, 0.1) is 10.5 Å². The maximum absolute atomic E-state index is 4.77. The lowest BCUT2D eigenvalue weighted by molar-refractivity contribution is 0.324. The van der Waals surface area contributed by atoms with Gasteiger partial charge in [-0.2, -0.15) is 0 Å². The Kier molecular flexibility index (Phi) is 7.35. The van der Waals surface area contributed by atoms with Gasteiger partial charge in [0.1, 0.15) is 0 Å². The smallest absolute Gasteiger partial charge is 0.0997 e. The topological polar surface area (TPSA) is 16.1 Å². The first-order valence-corrected chi connectivity index (χ1v) is 7.94. The van der Waals surface area contributed by atoms with Gasteiger partial charge in [0, 0.05) is 17.7 Å². The molecule has 0 amide bonds. The number of thioether (sulfide) groups is 1. The van der Waals surface area contributed by atoms with E-state index in [1.165, 1.54) is 16.0 Å². The largest absolute Gasteiger partial charge is 0.303 e. The summed E-state index contributed by atoms with van der Waals surface area (Å²) in [5.41, 5.74) is 2.38. The summed E-state index contributed by atoms with van der Waals surface area (Å²) in [7, 11) is 0. The van der Waals surface area contributed by atoms with Crippen molar-refractivity contribution in [1.82, 2.24) is 9.88 Å². The van der Waals surface area contributed by atoms with E-state index in [0.717, 1.165) is 30.9 Å². The number of rotatable bonds is 6. The van der Waals surface area contributed by atoms with E-state index in [2.05, 4.69) is 56.0 Å². The quantitative estimate of drug-likeness (QED) is 0.736. The molecule has 2 nitrogen and oxygen atoms in total. The number of pyridine rings is 1. The molecule has 0 N–H and O–H groups in total. The van der Waals surface area contributed by atoms with Crippen molar-refractivity contribution in [3.8, 4) is 0 Å². The highest BCUT2D eigenvalue weighted by Crippen LogP contribution is 2.24. The minimum Gasteiger partial charge on any atom is -0.303 e. The first-order valence-electron chi connectivity index (χ1n) is 6.96. The standard InChI is InChI=1S/C16H22N2S.ClH/c1-4-18(5-2)10-11-19-16-13(3)12-14-8-6-7-9-15(14)17-16;/h6-9,12H,4-5,10-11H2,1-3H3;1H. The van der Waals surface area contributed by atoms with E-state index in [1.807, 2.05) is 11.8 Å². The third kappa shape index (κ3) is 4.37. The number of benzene rings is 1. The van der Waals surface area contributed by atoms with Crippen LogP contribution in [-0.2, 0) is 0 Å². The molecule has 0 atom stereocenters. The molecular weight excluding hydrogens is 288 g/mol. The molecule has 0 unspecified atom stereocenters. The Morgan fingerprint density at radius 1 is 1.15 bits per heavy atom. The second kappa shape index (κ2) is 8.50. The van der Waals surface area contributed by atoms with Gasteiger partial charge >= 0.3 is 0 Å². The SMILES string of the molecule is CCN(CC)CCSc1nc2ccccc2cc1C.Cl. The Labute approximate surface area is 132 Å². The first-order chi connectivity index (χ1) is 9.24. The fourth-order valence-electron chi connectivity index (χ4n) is 2.16. The van der Waals surface area contributed by atoms with E-state index in [4.69, 9.17) is 4.98 Å². The van der Waals surface area contributed by atoms with Crippen LogP contribution in [0.4, 0.5) is 0 Å². The van der Waals surface area contributed by atoms with Gasteiger partial charge in [-0.3, -0.25) is 0 Å². The molecule has 20 heavy (non-hydrogen) atoms. The van der Waals surface area contributed by atoms with Crippen LogP contribution < -0.4 is 0 Å².